The van der Waals surface area contributed by atoms with Gasteiger partial charge in [-0.05, 0) is 36.4 Å². The van der Waals surface area contributed by atoms with E-state index in [1.54, 1.807) is 0 Å². The number of amides is 1. The summed E-state index contributed by atoms with van der Waals surface area (Å²) in [7, 11) is 1.28. The third kappa shape index (κ3) is 3.77. The maximum Gasteiger partial charge on any atom is 0.434 e. The summed E-state index contributed by atoms with van der Waals surface area (Å²) in [5.41, 5.74) is -1.73. The number of hydrogen-bond donors (Lipinski definition) is 0. The number of anilines is 1. The standard InChI is InChI=1S/C17H11ClF4N4O/c1-25(11-7-5-10(19)6-8-11)16(27)12-9-23-26(15(12)17(20,21)22)14-4-2-3-13(18)24-14/h2-9H,1H3. The first kappa shape index (κ1) is 18.8. The van der Waals surface area contributed by atoms with Crippen molar-refractivity contribution in [2.75, 3.05) is 11.9 Å². The Labute approximate surface area is 155 Å². The zero-order valence-electron chi connectivity index (χ0n) is 13.7. The van der Waals surface area contributed by atoms with Gasteiger partial charge < -0.3 is 4.90 Å². The van der Waals surface area contributed by atoms with Gasteiger partial charge in [-0.15, -0.1) is 0 Å². The fourth-order valence-corrected chi connectivity index (χ4v) is 2.59. The first-order chi connectivity index (χ1) is 12.7. The lowest BCUT2D eigenvalue weighted by Crippen LogP contribution is -2.29. The molecule has 2 aromatic heterocycles. The van der Waals surface area contributed by atoms with Crippen molar-refractivity contribution in [2.45, 2.75) is 6.18 Å². The van der Waals surface area contributed by atoms with Crippen molar-refractivity contribution < 1.29 is 22.4 Å². The molecule has 0 atom stereocenters. The SMILES string of the molecule is CN(C(=O)c1cnn(-c2cccc(Cl)n2)c1C(F)(F)F)c1ccc(F)cc1. The van der Waals surface area contributed by atoms with Crippen LogP contribution in [0, 0.1) is 5.82 Å². The van der Waals surface area contributed by atoms with Crippen LogP contribution >= 0.6 is 11.6 Å². The van der Waals surface area contributed by atoms with Gasteiger partial charge in [0.15, 0.2) is 11.5 Å². The molecule has 0 N–H and O–H groups in total. The molecular formula is C17H11ClF4N4O. The predicted octanol–water partition coefficient (Wildman–Crippen LogP) is 4.36. The Morgan fingerprint density at radius 3 is 2.41 bits per heavy atom. The van der Waals surface area contributed by atoms with Crippen molar-refractivity contribution in [1.29, 1.82) is 0 Å². The summed E-state index contributed by atoms with van der Waals surface area (Å²) in [6.07, 6.45) is -4.07. The molecule has 1 amide bonds. The van der Waals surface area contributed by atoms with Crippen molar-refractivity contribution in [1.82, 2.24) is 14.8 Å². The van der Waals surface area contributed by atoms with E-state index in [9.17, 15) is 22.4 Å². The highest BCUT2D eigenvalue weighted by Gasteiger charge is 2.41. The summed E-state index contributed by atoms with van der Waals surface area (Å²) in [4.78, 5) is 17.4. The lowest BCUT2D eigenvalue weighted by atomic mass is 10.2. The van der Waals surface area contributed by atoms with Crippen LogP contribution in [0.2, 0.25) is 5.15 Å². The molecule has 3 aromatic rings. The molecule has 0 aliphatic carbocycles. The second-order valence-electron chi connectivity index (χ2n) is 5.48. The van der Waals surface area contributed by atoms with E-state index in [4.69, 9.17) is 11.6 Å². The number of hydrogen-bond acceptors (Lipinski definition) is 3. The first-order valence-corrected chi connectivity index (χ1v) is 7.88. The molecule has 140 valence electrons. The number of halogens is 5. The Kier molecular flexibility index (Phi) is 4.88. The highest BCUT2D eigenvalue weighted by atomic mass is 35.5. The Bertz CT molecular complexity index is 985. The maximum atomic E-state index is 13.7. The number of pyridine rings is 1. The summed E-state index contributed by atoms with van der Waals surface area (Å²) in [6.45, 7) is 0. The van der Waals surface area contributed by atoms with E-state index >= 15 is 0 Å². The van der Waals surface area contributed by atoms with E-state index in [-0.39, 0.29) is 16.7 Å². The van der Waals surface area contributed by atoms with Gasteiger partial charge in [0.1, 0.15) is 11.0 Å². The topological polar surface area (TPSA) is 51.0 Å². The quantitative estimate of drug-likeness (QED) is 0.486. The fraction of sp³-hybridized carbons (Fsp3) is 0.118. The molecule has 0 bridgehead atoms. The monoisotopic (exact) mass is 398 g/mol. The van der Waals surface area contributed by atoms with Crippen LogP contribution in [-0.2, 0) is 6.18 Å². The zero-order valence-corrected chi connectivity index (χ0v) is 14.5. The van der Waals surface area contributed by atoms with Crippen LogP contribution in [0.1, 0.15) is 16.1 Å². The van der Waals surface area contributed by atoms with Crippen molar-refractivity contribution in [2.24, 2.45) is 0 Å². The summed E-state index contributed by atoms with van der Waals surface area (Å²) in [5, 5.41) is 3.65. The van der Waals surface area contributed by atoms with E-state index in [0.717, 1.165) is 23.2 Å². The second kappa shape index (κ2) is 6.99. The fourth-order valence-electron chi connectivity index (χ4n) is 2.43. The molecule has 2 heterocycles. The van der Waals surface area contributed by atoms with E-state index in [1.807, 2.05) is 0 Å². The van der Waals surface area contributed by atoms with Crippen molar-refractivity contribution in [3.63, 3.8) is 0 Å². The number of carbonyl (C=O) groups excluding carboxylic acids is 1. The van der Waals surface area contributed by atoms with E-state index in [2.05, 4.69) is 10.1 Å². The summed E-state index contributed by atoms with van der Waals surface area (Å²) < 4.78 is 54.5. The molecular weight excluding hydrogens is 388 g/mol. The molecule has 3 rings (SSSR count). The summed E-state index contributed by atoms with van der Waals surface area (Å²) in [5.74, 6) is -1.67. The minimum Gasteiger partial charge on any atom is -0.311 e. The third-order valence-electron chi connectivity index (χ3n) is 3.70. The number of nitrogens with zero attached hydrogens (tertiary/aromatic N) is 4. The van der Waals surface area contributed by atoms with E-state index in [1.165, 1.54) is 37.4 Å². The molecule has 0 fully saturated rings. The first-order valence-electron chi connectivity index (χ1n) is 7.50. The minimum absolute atomic E-state index is 0.0209. The van der Waals surface area contributed by atoms with E-state index < -0.39 is 29.2 Å². The maximum absolute atomic E-state index is 13.7. The largest absolute Gasteiger partial charge is 0.434 e. The van der Waals surface area contributed by atoms with Crippen molar-refractivity contribution >= 4 is 23.2 Å². The smallest absolute Gasteiger partial charge is 0.311 e. The normalized spacial score (nSPS) is 11.5. The van der Waals surface area contributed by atoms with Crippen LogP contribution in [0.25, 0.3) is 5.82 Å². The average Bonchev–Trinajstić information content (AvgIpc) is 3.06. The molecule has 0 aliphatic rings. The van der Waals surface area contributed by atoms with Gasteiger partial charge in [-0.3, -0.25) is 4.79 Å². The van der Waals surface area contributed by atoms with Crippen LogP contribution in [0.4, 0.5) is 23.2 Å². The van der Waals surface area contributed by atoms with Crippen LogP contribution in [0.15, 0.2) is 48.7 Å². The highest BCUT2D eigenvalue weighted by Crippen LogP contribution is 2.34. The Balaban J connectivity index is 2.08. The molecule has 1 aromatic carbocycles. The van der Waals surface area contributed by atoms with E-state index in [0.29, 0.717) is 4.68 Å². The second-order valence-corrected chi connectivity index (χ2v) is 5.86. The number of benzene rings is 1. The van der Waals surface area contributed by atoms with Gasteiger partial charge in [0.2, 0.25) is 0 Å². The van der Waals surface area contributed by atoms with Crippen LogP contribution in [-0.4, -0.2) is 27.7 Å². The molecule has 27 heavy (non-hydrogen) atoms. The van der Waals surface area contributed by atoms with Gasteiger partial charge in [0.25, 0.3) is 5.91 Å². The number of carbonyl (C=O) groups is 1. The lowest BCUT2D eigenvalue weighted by molar-refractivity contribution is -0.143. The predicted molar refractivity (Wildman–Crippen MR) is 90.5 cm³/mol. The lowest BCUT2D eigenvalue weighted by Gasteiger charge is -2.18. The van der Waals surface area contributed by atoms with Crippen LogP contribution in [0.5, 0.6) is 0 Å². The Hall–Kier alpha value is -2.94. The molecule has 0 radical (unpaired) electrons. The molecule has 0 saturated carbocycles. The summed E-state index contributed by atoms with van der Waals surface area (Å²) in [6, 6.07) is 8.86. The molecule has 0 saturated heterocycles. The average molecular weight is 399 g/mol. The molecule has 10 heteroatoms. The molecule has 0 spiro atoms. The van der Waals surface area contributed by atoms with Gasteiger partial charge >= 0.3 is 6.18 Å². The number of alkyl halides is 3. The minimum atomic E-state index is -4.88. The van der Waals surface area contributed by atoms with Gasteiger partial charge in [0, 0.05) is 12.7 Å². The van der Waals surface area contributed by atoms with Gasteiger partial charge in [-0.25, -0.2) is 14.1 Å². The van der Waals surface area contributed by atoms with Gasteiger partial charge in [0.05, 0.1) is 11.8 Å². The van der Waals surface area contributed by atoms with Crippen molar-refractivity contribution in [3.05, 3.63) is 70.9 Å². The van der Waals surface area contributed by atoms with Crippen LogP contribution in [0.3, 0.4) is 0 Å². The Morgan fingerprint density at radius 1 is 1.15 bits per heavy atom. The summed E-state index contributed by atoms with van der Waals surface area (Å²) >= 11 is 5.73. The molecule has 0 aliphatic heterocycles. The van der Waals surface area contributed by atoms with Crippen LogP contribution < -0.4 is 4.90 Å². The Morgan fingerprint density at radius 2 is 1.81 bits per heavy atom. The molecule has 5 nitrogen and oxygen atoms in total. The van der Waals surface area contributed by atoms with Gasteiger partial charge in [-0.2, -0.15) is 18.3 Å². The number of aromatic nitrogens is 3. The number of rotatable bonds is 3. The van der Waals surface area contributed by atoms with Gasteiger partial charge in [-0.1, -0.05) is 17.7 Å². The molecule has 0 unspecified atom stereocenters. The highest BCUT2D eigenvalue weighted by molar-refractivity contribution is 6.29. The third-order valence-corrected chi connectivity index (χ3v) is 3.91. The zero-order chi connectivity index (χ0) is 19.8. The van der Waals surface area contributed by atoms with Crippen molar-refractivity contribution in [3.8, 4) is 5.82 Å².